The van der Waals surface area contributed by atoms with Crippen molar-refractivity contribution in [3.63, 3.8) is 0 Å². The van der Waals surface area contributed by atoms with Crippen molar-refractivity contribution in [2.75, 3.05) is 0 Å². The summed E-state index contributed by atoms with van der Waals surface area (Å²) < 4.78 is 5.58. The van der Waals surface area contributed by atoms with Gasteiger partial charge in [0.1, 0.15) is 5.76 Å². The van der Waals surface area contributed by atoms with Gasteiger partial charge in [-0.2, -0.15) is 5.10 Å². The summed E-state index contributed by atoms with van der Waals surface area (Å²) >= 11 is 0. The Morgan fingerprint density at radius 2 is 1.79 bits per heavy atom. The van der Waals surface area contributed by atoms with Gasteiger partial charge in [-0.05, 0) is 31.5 Å². The number of rotatable bonds is 4. The van der Waals surface area contributed by atoms with Crippen molar-refractivity contribution < 1.29 is 9.21 Å². The van der Waals surface area contributed by atoms with E-state index in [1.165, 1.54) is 5.56 Å². The van der Waals surface area contributed by atoms with Crippen LogP contribution in [-0.4, -0.2) is 17.1 Å². The molecule has 3 aromatic rings. The highest BCUT2D eigenvalue weighted by Gasteiger charge is 2.17. The fourth-order valence-electron chi connectivity index (χ4n) is 2.18. The molecule has 2 aromatic carbocycles. The van der Waals surface area contributed by atoms with E-state index in [0.29, 0.717) is 11.7 Å². The summed E-state index contributed by atoms with van der Waals surface area (Å²) in [6.07, 6.45) is 1.59. The number of hydrogen-bond donors (Lipinski definition) is 1. The molecule has 1 heterocycles. The third-order valence-electron chi connectivity index (χ3n) is 3.49. The molecular formula is C19H17N3O2. The third-order valence-corrected chi connectivity index (χ3v) is 3.49. The highest BCUT2D eigenvalue weighted by molar-refractivity contribution is 5.94. The van der Waals surface area contributed by atoms with Crippen LogP contribution in [-0.2, 0) is 0 Å². The van der Waals surface area contributed by atoms with E-state index in [4.69, 9.17) is 4.42 Å². The van der Waals surface area contributed by atoms with Gasteiger partial charge in [-0.1, -0.05) is 48.0 Å². The molecule has 0 saturated heterocycles. The maximum atomic E-state index is 12.2. The molecule has 0 bridgehead atoms. The van der Waals surface area contributed by atoms with E-state index < -0.39 is 5.91 Å². The monoisotopic (exact) mass is 319 g/mol. The van der Waals surface area contributed by atoms with Crippen LogP contribution in [0.2, 0.25) is 0 Å². The molecule has 0 fully saturated rings. The summed E-state index contributed by atoms with van der Waals surface area (Å²) in [6, 6.07) is 17.3. The molecule has 0 saturated carbocycles. The van der Waals surface area contributed by atoms with Gasteiger partial charge < -0.3 is 4.42 Å². The summed E-state index contributed by atoms with van der Waals surface area (Å²) in [5.41, 5.74) is 5.60. The van der Waals surface area contributed by atoms with E-state index in [2.05, 4.69) is 15.5 Å². The molecule has 0 aliphatic rings. The van der Waals surface area contributed by atoms with Crippen LogP contribution in [0.4, 0.5) is 0 Å². The van der Waals surface area contributed by atoms with Gasteiger partial charge in [-0.15, -0.1) is 0 Å². The van der Waals surface area contributed by atoms with Crippen LogP contribution in [0.3, 0.4) is 0 Å². The van der Waals surface area contributed by atoms with E-state index in [0.717, 1.165) is 11.1 Å². The Hall–Kier alpha value is -3.21. The molecular weight excluding hydrogens is 302 g/mol. The smallest absolute Gasteiger partial charge is 0.293 e. The summed E-state index contributed by atoms with van der Waals surface area (Å²) in [4.78, 5) is 16.5. The average Bonchev–Trinajstić information content (AvgIpc) is 2.99. The van der Waals surface area contributed by atoms with Gasteiger partial charge in [0.15, 0.2) is 5.69 Å². The number of aryl methyl sites for hydroxylation is 2. The van der Waals surface area contributed by atoms with E-state index in [-0.39, 0.29) is 5.69 Å². The largest absolute Gasteiger partial charge is 0.441 e. The second-order valence-corrected chi connectivity index (χ2v) is 5.40. The number of hydrazone groups is 1. The Labute approximate surface area is 140 Å². The standard InChI is InChI=1S/C19H17N3O2/c1-13-8-10-15(11-9-13)12-20-22-18(23)17-14(2)24-19(21-17)16-6-4-3-5-7-16/h3-12H,1-2H3,(H,22,23). The number of aromatic nitrogens is 1. The Morgan fingerprint density at radius 3 is 2.50 bits per heavy atom. The fourth-order valence-corrected chi connectivity index (χ4v) is 2.18. The molecule has 0 aliphatic carbocycles. The summed E-state index contributed by atoms with van der Waals surface area (Å²) in [5, 5.41) is 3.96. The van der Waals surface area contributed by atoms with Crippen LogP contribution in [0.15, 0.2) is 64.1 Å². The quantitative estimate of drug-likeness (QED) is 0.588. The van der Waals surface area contributed by atoms with Gasteiger partial charge in [-0.3, -0.25) is 4.79 Å². The first-order valence-corrected chi connectivity index (χ1v) is 7.56. The first kappa shape index (κ1) is 15.7. The Balaban J connectivity index is 1.71. The van der Waals surface area contributed by atoms with Crippen molar-refractivity contribution in [2.45, 2.75) is 13.8 Å². The molecule has 24 heavy (non-hydrogen) atoms. The van der Waals surface area contributed by atoms with Crippen LogP contribution in [0.5, 0.6) is 0 Å². The van der Waals surface area contributed by atoms with Gasteiger partial charge in [0, 0.05) is 5.56 Å². The van der Waals surface area contributed by atoms with E-state index >= 15 is 0 Å². The number of oxazole rings is 1. The van der Waals surface area contributed by atoms with Crippen LogP contribution in [0.1, 0.15) is 27.4 Å². The highest BCUT2D eigenvalue weighted by atomic mass is 16.4. The molecule has 1 aromatic heterocycles. The zero-order chi connectivity index (χ0) is 16.9. The molecule has 3 rings (SSSR count). The lowest BCUT2D eigenvalue weighted by molar-refractivity contribution is 0.0949. The zero-order valence-electron chi connectivity index (χ0n) is 13.5. The van der Waals surface area contributed by atoms with E-state index in [1.54, 1.807) is 13.1 Å². The highest BCUT2D eigenvalue weighted by Crippen LogP contribution is 2.21. The fraction of sp³-hybridized carbons (Fsp3) is 0.105. The first-order valence-electron chi connectivity index (χ1n) is 7.56. The molecule has 1 N–H and O–H groups in total. The number of hydrogen-bond acceptors (Lipinski definition) is 4. The molecule has 0 aliphatic heterocycles. The predicted octanol–water partition coefficient (Wildman–Crippen LogP) is 3.72. The van der Waals surface area contributed by atoms with Crippen molar-refractivity contribution in [1.82, 2.24) is 10.4 Å². The summed E-state index contributed by atoms with van der Waals surface area (Å²) in [5.74, 6) is 0.472. The molecule has 0 spiro atoms. The molecule has 5 heteroatoms. The number of nitrogens with one attached hydrogen (secondary N) is 1. The topological polar surface area (TPSA) is 67.5 Å². The van der Waals surface area contributed by atoms with Crippen LogP contribution in [0, 0.1) is 13.8 Å². The van der Waals surface area contributed by atoms with Crippen LogP contribution >= 0.6 is 0 Å². The molecule has 120 valence electrons. The normalized spacial score (nSPS) is 10.9. The minimum Gasteiger partial charge on any atom is -0.441 e. The molecule has 1 amide bonds. The van der Waals surface area contributed by atoms with E-state index in [9.17, 15) is 4.79 Å². The lowest BCUT2D eigenvalue weighted by Crippen LogP contribution is -2.19. The molecule has 0 unspecified atom stereocenters. The molecule has 5 nitrogen and oxygen atoms in total. The number of carbonyl (C=O) groups excluding carboxylic acids is 1. The lowest BCUT2D eigenvalue weighted by atomic mass is 10.2. The number of nitrogens with zero attached hydrogens (tertiary/aromatic N) is 2. The second-order valence-electron chi connectivity index (χ2n) is 5.40. The van der Waals surface area contributed by atoms with Crippen LogP contribution < -0.4 is 5.43 Å². The van der Waals surface area contributed by atoms with Crippen molar-refractivity contribution in [3.8, 4) is 11.5 Å². The minimum atomic E-state index is -0.401. The first-order chi connectivity index (χ1) is 11.6. The van der Waals surface area contributed by atoms with Crippen LogP contribution in [0.25, 0.3) is 11.5 Å². The third kappa shape index (κ3) is 3.57. The predicted molar refractivity (Wildman–Crippen MR) is 92.9 cm³/mol. The zero-order valence-corrected chi connectivity index (χ0v) is 13.5. The van der Waals surface area contributed by atoms with Crippen molar-refractivity contribution in [1.29, 1.82) is 0 Å². The SMILES string of the molecule is Cc1ccc(C=NNC(=O)c2nc(-c3ccccc3)oc2C)cc1. The summed E-state index contributed by atoms with van der Waals surface area (Å²) in [6.45, 7) is 3.72. The number of amides is 1. The van der Waals surface area contributed by atoms with Gasteiger partial charge in [0.2, 0.25) is 5.89 Å². The van der Waals surface area contributed by atoms with Gasteiger partial charge in [-0.25, -0.2) is 10.4 Å². The van der Waals surface area contributed by atoms with Gasteiger partial charge in [0.05, 0.1) is 6.21 Å². The van der Waals surface area contributed by atoms with Crippen molar-refractivity contribution in [2.24, 2.45) is 5.10 Å². The van der Waals surface area contributed by atoms with Crippen molar-refractivity contribution >= 4 is 12.1 Å². The Bertz CT molecular complexity index is 865. The van der Waals surface area contributed by atoms with Crippen molar-refractivity contribution in [3.05, 3.63) is 77.2 Å². The second kappa shape index (κ2) is 6.91. The minimum absolute atomic E-state index is 0.231. The molecule has 0 radical (unpaired) electrons. The Kier molecular flexibility index (Phi) is 4.52. The molecule has 0 atom stereocenters. The van der Waals surface area contributed by atoms with Gasteiger partial charge in [0.25, 0.3) is 5.91 Å². The van der Waals surface area contributed by atoms with E-state index in [1.807, 2.05) is 61.5 Å². The lowest BCUT2D eigenvalue weighted by Gasteiger charge is -1.97. The number of carbonyl (C=O) groups is 1. The maximum absolute atomic E-state index is 12.2. The summed E-state index contributed by atoms with van der Waals surface area (Å²) in [7, 11) is 0. The maximum Gasteiger partial charge on any atom is 0.293 e. The average molecular weight is 319 g/mol. The van der Waals surface area contributed by atoms with Gasteiger partial charge >= 0.3 is 0 Å². The number of benzene rings is 2. The Morgan fingerprint density at radius 1 is 1.08 bits per heavy atom.